The van der Waals surface area contributed by atoms with Crippen LogP contribution in [0, 0.1) is 10.1 Å². The lowest BCUT2D eigenvalue weighted by Gasteiger charge is -2.68. The Hall–Kier alpha value is -0.650. The molecule has 4 heteroatoms. The highest BCUT2D eigenvalue weighted by atomic mass is 127. The number of nitro groups is 1. The zero-order chi connectivity index (χ0) is 10.7. The van der Waals surface area contributed by atoms with Gasteiger partial charge in [-0.3, -0.25) is 10.1 Å². The molecule has 15 heavy (non-hydrogen) atoms. The molecule has 1 aromatic rings. The van der Waals surface area contributed by atoms with E-state index in [2.05, 4.69) is 22.6 Å². The number of alkyl halides is 1. The second kappa shape index (κ2) is 2.72. The SMILES string of the molecule is O=[N+]([O-])c1ccc(C23CC(I)(C2)C3)cc1. The van der Waals surface area contributed by atoms with Gasteiger partial charge in [-0.2, -0.15) is 0 Å². The first-order valence-electron chi connectivity index (χ1n) is 4.97. The molecule has 0 saturated heterocycles. The molecule has 0 unspecified atom stereocenters. The van der Waals surface area contributed by atoms with Crippen LogP contribution in [0.25, 0.3) is 0 Å². The standard InChI is InChI=1S/C11H10INO2/c12-11-5-10(6-11,7-11)8-1-3-9(4-2-8)13(14)15/h1-4H,5-7H2. The second-order valence-electron chi connectivity index (χ2n) is 4.77. The molecule has 3 aliphatic carbocycles. The van der Waals surface area contributed by atoms with Crippen molar-refractivity contribution in [3.8, 4) is 0 Å². The van der Waals surface area contributed by atoms with E-state index in [1.54, 1.807) is 12.1 Å². The van der Waals surface area contributed by atoms with Crippen molar-refractivity contribution in [1.82, 2.24) is 0 Å². The molecule has 0 aliphatic heterocycles. The van der Waals surface area contributed by atoms with Crippen LogP contribution >= 0.6 is 22.6 Å². The van der Waals surface area contributed by atoms with E-state index in [1.165, 1.54) is 24.8 Å². The van der Waals surface area contributed by atoms with Crippen LogP contribution in [-0.4, -0.2) is 8.35 Å². The highest BCUT2D eigenvalue weighted by molar-refractivity contribution is 14.1. The van der Waals surface area contributed by atoms with Gasteiger partial charge in [0.25, 0.3) is 5.69 Å². The Kier molecular flexibility index (Phi) is 1.74. The Bertz CT molecular complexity index is 421. The van der Waals surface area contributed by atoms with Crippen LogP contribution < -0.4 is 0 Å². The van der Waals surface area contributed by atoms with Crippen LogP contribution in [-0.2, 0) is 5.41 Å². The molecule has 4 rings (SSSR count). The van der Waals surface area contributed by atoms with Gasteiger partial charge >= 0.3 is 0 Å². The number of non-ortho nitro benzene ring substituents is 1. The first kappa shape index (κ1) is 9.57. The van der Waals surface area contributed by atoms with E-state index in [9.17, 15) is 10.1 Å². The van der Waals surface area contributed by atoms with Gasteiger partial charge in [-0.05, 0) is 30.2 Å². The van der Waals surface area contributed by atoms with Crippen LogP contribution in [0.2, 0.25) is 0 Å². The summed E-state index contributed by atoms with van der Waals surface area (Å²) in [5, 5.41) is 10.5. The van der Waals surface area contributed by atoms with Crippen molar-refractivity contribution in [3.05, 3.63) is 39.9 Å². The number of hydrogen-bond donors (Lipinski definition) is 0. The lowest BCUT2D eigenvalue weighted by Crippen LogP contribution is -2.65. The topological polar surface area (TPSA) is 43.1 Å². The smallest absolute Gasteiger partial charge is 0.258 e. The number of benzene rings is 1. The third-order valence-corrected chi connectivity index (χ3v) is 4.80. The van der Waals surface area contributed by atoms with Gasteiger partial charge < -0.3 is 0 Å². The van der Waals surface area contributed by atoms with Crippen molar-refractivity contribution in [2.75, 3.05) is 0 Å². The minimum absolute atomic E-state index is 0.189. The predicted octanol–water partition coefficient (Wildman–Crippen LogP) is 3.20. The Morgan fingerprint density at radius 1 is 1.20 bits per heavy atom. The molecule has 0 spiro atoms. The number of hydrogen-bond acceptors (Lipinski definition) is 2. The normalized spacial score (nSPS) is 36.6. The summed E-state index contributed by atoms with van der Waals surface area (Å²) >= 11 is 2.54. The zero-order valence-electron chi connectivity index (χ0n) is 8.07. The molecule has 0 aromatic heterocycles. The Balaban J connectivity index is 1.86. The first-order chi connectivity index (χ1) is 7.03. The number of nitro benzene ring substituents is 1. The van der Waals surface area contributed by atoms with E-state index < -0.39 is 0 Å². The van der Waals surface area contributed by atoms with Crippen LogP contribution in [0.5, 0.6) is 0 Å². The van der Waals surface area contributed by atoms with Gasteiger partial charge in [-0.15, -0.1) is 0 Å². The summed E-state index contributed by atoms with van der Waals surface area (Å²) in [5.41, 5.74) is 1.84. The van der Waals surface area contributed by atoms with Gasteiger partial charge in [0, 0.05) is 15.6 Å². The molecule has 3 aliphatic rings. The summed E-state index contributed by atoms with van der Waals surface area (Å²) in [5.74, 6) is 0. The van der Waals surface area contributed by atoms with Crippen molar-refractivity contribution in [2.24, 2.45) is 0 Å². The molecule has 78 valence electrons. The molecule has 1 aromatic carbocycles. The van der Waals surface area contributed by atoms with E-state index in [-0.39, 0.29) is 10.6 Å². The third kappa shape index (κ3) is 1.23. The van der Waals surface area contributed by atoms with Crippen LogP contribution in [0.3, 0.4) is 0 Å². The Morgan fingerprint density at radius 3 is 2.13 bits per heavy atom. The molecule has 3 nitrogen and oxygen atoms in total. The van der Waals surface area contributed by atoms with Gasteiger partial charge in [0.05, 0.1) is 4.92 Å². The van der Waals surface area contributed by atoms with Gasteiger partial charge in [-0.25, -0.2) is 0 Å². The minimum Gasteiger partial charge on any atom is -0.258 e. The zero-order valence-corrected chi connectivity index (χ0v) is 10.2. The molecule has 0 N–H and O–H groups in total. The van der Waals surface area contributed by atoms with Gasteiger partial charge in [0.1, 0.15) is 0 Å². The summed E-state index contributed by atoms with van der Waals surface area (Å²) in [6.07, 6.45) is 3.75. The monoisotopic (exact) mass is 315 g/mol. The largest absolute Gasteiger partial charge is 0.269 e. The van der Waals surface area contributed by atoms with Gasteiger partial charge in [0.15, 0.2) is 0 Å². The fraction of sp³-hybridized carbons (Fsp3) is 0.455. The average molecular weight is 315 g/mol. The summed E-state index contributed by atoms with van der Waals surface area (Å²) in [7, 11) is 0. The molecule has 0 amide bonds. The Labute approximate surface area is 101 Å². The summed E-state index contributed by atoms with van der Waals surface area (Å²) in [6.45, 7) is 0. The van der Waals surface area contributed by atoms with E-state index in [0.29, 0.717) is 8.84 Å². The van der Waals surface area contributed by atoms with E-state index in [0.717, 1.165) is 0 Å². The molecule has 2 bridgehead atoms. The van der Waals surface area contributed by atoms with Crippen molar-refractivity contribution in [3.63, 3.8) is 0 Å². The summed E-state index contributed by atoms with van der Waals surface area (Å²) < 4.78 is 0.555. The van der Waals surface area contributed by atoms with Crippen LogP contribution in [0.15, 0.2) is 24.3 Å². The number of rotatable bonds is 2. The molecular formula is C11H10INO2. The maximum absolute atomic E-state index is 10.5. The van der Waals surface area contributed by atoms with E-state index in [4.69, 9.17) is 0 Å². The molecular weight excluding hydrogens is 305 g/mol. The fourth-order valence-corrected chi connectivity index (χ4v) is 5.10. The van der Waals surface area contributed by atoms with Gasteiger partial charge in [0.2, 0.25) is 0 Å². The highest BCUT2D eigenvalue weighted by Gasteiger charge is 2.66. The Morgan fingerprint density at radius 2 is 1.73 bits per heavy atom. The molecule has 0 heterocycles. The van der Waals surface area contributed by atoms with Crippen molar-refractivity contribution < 1.29 is 4.92 Å². The minimum atomic E-state index is -0.342. The maximum atomic E-state index is 10.5. The predicted molar refractivity (Wildman–Crippen MR) is 65.4 cm³/mol. The summed E-state index contributed by atoms with van der Waals surface area (Å²) in [6, 6.07) is 7.09. The molecule has 3 fully saturated rings. The average Bonchev–Trinajstić information content (AvgIpc) is 2.12. The second-order valence-corrected chi connectivity index (χ2v) is 7.05. The van der Waals surface area contributed by atoms with Crippen LogP contribution in [0.1, 0.15) is 24.8 Å². The summed E-state index contributed by atoms with van der Waals surface area (Å²) in [4.78, 5) is 10.2. The van der Waals surface area contributed by atoms with Crippen molar-refractivity contribution >= 4 is 28.3 Å². The van der Waals surface area contributed by atoms with Crippen molar-refractivity contribution in [1.29, 1.82) is 0 Å². The molecule has 0 atom stereocenters. The molecule has 0 radical (unpaired) electrons. The quantitative estimate of drug-likeness (QED) is 0.364. The van der Waals surface area contributed by atoms with Gasteiger partial charge in [-0.1, -0.05) is 34.7 Å². The van der Waals surface area contributed by atoms with E-state index >= 15 is 0 Å². The fourth-order valence-electron chi connectivity index (χ4n) is 2.91. The number of halogens is 1. The third-order valence-electron chi connectivity index (χ3n) is 3.66. The first-order valence-corrected chi connectivity index (χ1v) is 6.05. The lowest BCUT2D eigenvalue weighted by atomic mass is 9.42. The lowest BCUT2D eigenvalue weighted by molar-refractivity contribution is -0.384. The molecule has 3 saturated carbocycles. The van der Waals surface area contributed by atoms with Crippen molar-refractivity contribution in [2.45, 2.75) is 28.1 Å². The van der Waals surface area contributed by atoms with Crippen LogP contribution in [0.4, 0.5) is 5.69 Å². The van der Waals surface area contributed by atoms with E-state index in [1.807, 2.05) is 12.1 Å². The number of nitrogens with zero attached hydrogens (tertiary/aromatic N) is 1. The highest BCUT2D eigenvalue weighted by Crippen LogP contribution is 2.72. The maximum Gasteiger partial charge on any atom is 0.269 e.